The van der Waals surface area contributed by atoms with Crippen LogP contribution >= 0.6 is 11.3 Å². The van der Waals surface area contributed by atoms with E-state index >= 15 is 0 Å². The summed E-state index contributed by atoms with van der Waals surface area (Å²) in [4.78, 5) is 34.0. The molecule has 0 saturated heterocycles. The van der Waals surface area contributed by atoms with Gasteiger partial charge >= 0.3 is 0 Å². The molecule has 0 aliphatic rings. The summed E-state index contributed by atoms with van der Waals surface area (Å²) in [5.41, 5.74) is 1.99. The molecule has 0 bridgehead atoms. The van der Waals surface area contributed by atoms with Crippen LogP contribution < -0.4 is 15.6 Å². The first kappa shape index (κ1) is 22.3. The highest BCUT2D eigenvalue weighted by Crippen LogP contribution is 2.28. The van der Waals surface area contributed by atoms with Gasteiger partial charge in [-0.05, 0) is 30.5 Å². The van der Waals surface area contributed by atoms with Gasteiger partial charge in [0.2, 0.25) is 5.95 Å². The molecular weight excluding hydrogens is 462 g/mol. The van der Waals surface area contributed by atoms with Crippen LogP contribution in [0.1, 0.15) is 17.3 Å². The van der Waals surface area contributed by atoms with Gasteiger partial charge in [0.15, 0.2) is 0 Å². The van der Waals surface area contributed by atoms with Crippen LogP contribution in [0.4, 0.5) is 5.82 Å². The Kier molecular flexibility index (Phi) is 6.23. The largest absolute Gasteiger partial charge is 0.493 e. The lowest BCUT2D eigenvalue weighted by molar-refractivity contribution is 0.102. The minimum atomic E-state index is -0.366. The number of amides is 1. The van der Waals surface area contributed by atoms with E-state index in [0.717, 1.165) is 10.4 Å². The number of ether oxygens (including phenoxy) is 1. The quantitative estimate of drug-likeness (QED) is 0.339. The molecule has 174 valence electrons. The van der Waals surface area contributed by atoms with Gasteiger partial charge in [0, 0.05) is 17.7 Å². The molecule has 8 nitrogen and oxygen atoms in total. The number of carbonyl (C=O) groups is 1. The highest BCUT2D eigenvalue weighted by atomic mass is 32.1. The van der Waals surface area contributed by atoms with Gasteiger partial charge in [0.25, 0.3) is 11.5 Å². The van der Waals surface area contributed by atoms with Crippen molar-refractivity contribution in [1.29, 1.82) is 0 Å². The molecule has 0 radical (unpaired) electrons. The first-order valence-electron chi connectivity index (χ1n) is 11.0. The Labute approximate surface area is 204 Å². The lowest BCUT2D eigenvalue weighted by Gasteiger charge is -2.12. The van der Waals surface area contributed by atoms with Crippen LogP contribution in [0, 0.1) is 0 Å². The summed E-state index contributed by atoms with van der Waals surface area (Å²) in [5, 5.41) is 9.51. The highest BCUT2D eigenvalue weighted by molar-refractivity contribution is 7.13. The van der Waals surface area contributed by atoms with Crippen molar-refractivity contribution in [3.8, 4) is 33.5 Å². The number of thiophene rings is 1. The van der Waals surface area contributed by atoms with Crippen molar-refractivity contribution in [2.75, 3.05) is 11.9 Å². The van der Waals surface area contributed by atoms with E-state index < -0.39 is 0 Å². The molecule has 0 spiro atoms. The zero-order valence-electron chi connectivity index (χ0n) is 18.8. The summed E-state index contributed by atoms with van der Waals surface area (Å²) in [5.74, 6) is 0.662. The second-order valence-electron chi connectivity index (χ2n) is 7.51. The van der Waals surface area contributed by atoms with Gasteiger partial charge in [-0.1, -0.05) is 48.5 Å². The van der Waals surface area contributed by atoms with Crippen molar-refractivity contribution >= 4 is 23.1 Å². The number of aromatic amines is 1. The predicted molar refractivity (Wildman–Crippen MR) is 136 cm³/mol. The topological polar surface area (TPSA) is 102 Å². The molecule has 1 amide bonds. The fourth-order valence-electron chi connectivity index (χ4n) is 3.60. The van der Waals surface area contributed by atoms with Crippen LogP contribution in [0.15, 0.2) is 89.0 Å². The standard InChI is InChI=1S/C26H21N5O3S/c1-2-34-21-12-7-6-11-18(21)25(33)28-23-15-20(22-13-8-14-35-22)30-31(23)26-27-19(16-24(32)29-26)17-9-4-3-5-10-17/h3-16H,2H2,1H3,(H,28,33)(H,27,29,32). The number of carbonyl (C=O) groups excluding carboxylic acids is 1. The normalized spacial score (nSPS) is 10.8. The van der Waals surface area contributed by atoms with Crippen LogP contribution in [0.2, 0.25) is 0 Å². The lowest BCUT2D eigenvalue weighted by atomic mass is 10.1. The summed E-state index contributed by atoms with van der Waals surface area (Å²) in [7, 11) is 0. The van der Waals surface area contributed by atoms with Gasteiger partial charge in [-0.2, -0.15) is 9.78 Å². The van der Waals surface area contributed by atoms with E-state index in [1.54, 1.807) is 24.3 Å². The van der Waals surface area contributed by atoms with Gasteiger partial charge in [-0.15, -0.1) is 11.3 Å². The summed E-state index contributed by atoms with van der Waals surface area (Å²) < 4.78 is 7.05. The molecule has 9 heteroatoms. The Bertz CT molecular complexity index is 1520. The summed E-state index contributed by atoms with van der Waals surface area (Å²) in [6.07, 6.45) is 0. The number of anilines is 1. The second-order valence-corrected chi connectivity index (χ2v) is 8.46. The number of H-pyrrole nitrogens is 1. The fourth-order valence-corrected chi connectivity index (χ4v) is 4.28. The molecule has 2 aromatic carbocycles. The number of rotatable bonds is 7. The Morgan fingerprint density at radius 3 is 2.60 bits per heavy atom. The van der Waals surface area contributed by atoms with Gasteiger partial charge in [-0.25, -0.2) is 4.98 Å². The van der Waals surface area contributed by atoms with Crippen molar-refractivity contribution in [2.24, 2.45) is 0 Å². The maximum absolute atomic E-state index is 13.2. The first-order valence-corrected chi connectivity index (χ1v) is 11.8. The predicted octanol–water partition coefficient (Wildman–Crippen LogP) is 5.00. The molecule has 0 atom stereocenters. The molecule has 5 rings (SSSR count). The molecule has 0 saturated carbocycles. The lowest BCUT2D eigenvalue weighted by Crippen LogP contribution is -2.19. The van der Waals surface area contributed by atoms with E-state index in [1.165, 1.54) is 22.1 Å². The third-order valence-corrected chi connectivity index (χ3v) is 6.05. The van der Waals surface area contributed by atoms with Gasteiger partial charge in [-0.3, -0.25) is 14.6 Å². The molecule has 5 aromatic rings. The fraction of sp³-hybridized carbons (Fsp3) is 0.0769. The van der Waals surface area contributed by atoms with Gasteiger partial charge < -0.3 is 10.1 Å². The summed E-state index contributed by atoms with van der Waals surface area (Å²) in [6, 6.07) is 23.5. The Balaban J connectivity index is 1.59. The van der Waals surface area contributed by atoms with Crippen molar-refractivity contribution in [1.82, 2.24) is 19.7 Å². The summed E-state index contributed by atoms with van der Waals surface area (Å²) in [6.45, 7) is 2.29. The molecule has 0 fully saturated rings. The molecule has 0 aliphatic carbocycles. The zero-order valence-corrected chi connectivity index (χ0v) is 19.6. The number of para-hydroxylation sites is 1. The molecule has 0 aliphatic heterocycles. The first-order chi connectivity index (χ1) is 17.1. The molecule has 2 N–H and O–H groups in total. The van der Waals surface area contributed by atoms with E-state index in [-0.39, 0.29) is 17.4 Å². The van der Waals surface area contributed by atoms with E-state index in [4.69, 9.17) is 4.74 Å². The smallest absolute Gasteiger partial charge is 0.260 e. The minimum absolute atomic E-state index is 0.188. The van der Waals surface area contributed by atoms with Crippen molar-refractivity contribution in [3.63, 3.8) is 0 Å². The molecule has 35 heavy (non-hydrogen) atoms. The maximum atomic E-state index is 13.2. The average Bonchev–Trinajstić information content (AvgIpc) is 3.55. The summed E-state index contributed by atoms with van der Waals surface area (Å²) >= 11 is 1.52. The van der Waals surface area contributed by atoms with Crippen molar-refractivity contribution < 1.29 is 9.53 Å². The zero-order chi connectivity index (χ0) is 24.2. The van der Waals surface area contributed by atoms with Crippen molar-refractivity contribution in [2.45, 2.75) is 6.92 Å². The Hall–Kier alpha value is -4.50. The van der Waals surface area contributed by atoms with Crippen LogP contribution in [-0.2, 0) is 0 Å². The van der Waals surface area contributed by atoms with Gasteiger partial charge in [0.1, 0.15) is 17.3 Å². The SMILES string of the molecule is CCOc1ccccc1C(=O)Nc1cc(-c2cccs2)nn1-c1nc(-c2ccccc2)cc(=O)[nH]1. The molecule has 0 unspecified atom stereocenters. The van der Waals surface area contributed by atoms with Crippen molar-refractivity contribution in [3.05, 3.63) is 100 Å². The Morgan fingerprint density at radius 1 is 1.03 bits per heavy atom. The van der Waals surface area contributed by atoms with E-state index in [1.807, 2.05) is 60.8 Å². The van der Waals surface area contributed by atoms with Crippen LogP contribution in [0.3, 0.4) is 0 Å². The minimum Gasteiger partial charge on any atom is -0.493 e. The van der Waals surface area contributed by atoms with Crippen LogP contribution in [-0.4, -0.2) is 32.3 Å². The molecule has 3 heterocycles. The second kappa shape index (κ2) is 9.78. The Morgan fingerprint density at radius 2 is 1.83 bits per heavy atom. The maximum Gasteiger partial charge on any atom is 0.260 e. The number of aromatic nitrogens is 4. The van der Waals surface area contributed by atoms with E-state index in [2.05, 4.69) is 20.4 Å². The number of hydrogen-bond donors (Lipinski definition) is 2. The molecule has 3 aromatic heterocycles. The van der Waals surface area contributed by atoms with Gasteiger partial charge in [0.05, 0.1) is 22.7 Å². The van der Waals surface area contributed by atoms with Crippen LogP contribution in [0.25, 0.3) is 27.8 Å². The van der Waals surface area contributed by atoms with E-state index in [9.17, 15) is 9.59 Å². The number of nitrogens with zero attached hydrogens (tertiary/aromatic N) is 3. The number of nitrogens with one attached hydrogen (secondary N) is 2. The third kappa shape index (κ3) is 4.75. The van der Waals surface area contributed by atoms with E-state index in [0.29, 0.717) is 35.1 Å². The highest BCUT2D eigenvalue weighted by Gasteiger charge is 2.19. The monoisotopic (exact) mass is 483 g/mol. The number of benzene rings is 2. The number of hydrogen-bond acceptors (Lipinski definition) is 6. The van der Waals surface area contributed by atoms with Crippen LogP contribution in [0.5, 0.6) is 5.75 Å². The third-order valence-electron chi connectivity index (χ3n) is 5.16. The average molecular weight is 484 g/mol. The molecular formula is C26H21N5O3S.